The molecule has 0 saturated heterocycles. The maximum Gasteiger partial charge on any atom is 0.181 e. The molecule has 5 nitrogen and oxygen atoms in total. The summed E-state index contributed by atoms with van der Waals surface area (Å²) in [5.74, 6) is -0.469. The minimum absolute atomic E-state index is 0.366. The van der Waals surface area contributed by atoms with Gasteiger partial charge in [0.2, 0.25) is 0 Å². The van der Waals surface area contributed by atoms with Crippen LogP contribution in [0.15, 0.2) is 24.9 Å². The molecule has 6 heteroatoms. The van der Waals surface area contributed by atoms with E-state index in [9.17, 15) is 9.65 Å². The van der Waals surface area contributed by atoms with E-state index >= 15 is 0 Å². The van der Waals surface area contributed by atoms with E-state index in [1.807, 2.05) is 6.92 Å². The van der Waals surface area contributed by atoms with Crippen molar-refractivity contribution in [1.29, 1.82) is 5.26 Å². The number of rotatable bonds is 2. The second-order valence-electron chi connectivity index (χ2n) is 4.50. The molecule has 0 aliphatic rings. The van der Waals surface area contributed by atoms with E-state index in [-0.39, 0.29) is 0 Å². The highest BCUT2D eigenvalue weighted by atomic mass is 19.1. The van der Waals surface area contributed by atoms with Gasteiger partial charge in [0.05, 0.1) is 22.8 Å². The van der Waals surface area contributed by atoms with Crippen LogP contribution in [-0.2, 0) is 0 Å². The lowest BCUT2D eigenvalue weighted by Crippen LogP contribution is -1.96. The van der Waals surface area contributed by atoms with Crippen molar-refractivity contribution in [2.24, 2.45) is 0 Å². The quantitative estimate of drug-likeness (QED) is 0.782. The monoisotopic (exact) mass is 279 g/mol. The van der Waals surface area contributed by atoms with Crippen LogP contribution in [0.2, 0.25) is 0 Å². The van der Waals surface area contributed by atoms with Gasteiger partial charge in [-0.25, -0.2) is 14.4 Å². The van der Waals surface area contributed by atoms with Crippen molar-refractivity contribution in [3.63, 3.8) is 0 Å². The average Bonchev–Trinajstić information content (AvgIpc) is 2.89. The van der Waals surface area contributed by atoms with Gasteiger partial charge in [0.1, 0.15) is 17.6 Å². The van der Waals surface area contributed by atoms with E-state index in [0.717, 1.165) is 17.5 Å². The number of aromatic nitrogens is 4. The predicted molar refractivity (Wildman–Crippen MR) is 76.6 cm³/mol. The number of halogens is 1. The number of pyridine rings is 2. The molecule has 0 bridgehead atoms. The summed E-state index contributed by atoms with van der Waals surface area (Å²) in [6.45, 7) is 5.51. The Kier molecular flexibility index (Phi) is 2.95. The average molecular weight is 279 g/mol. The first-order valence-corrected chi connectivity index (χ1v) is 6.18. The zero-order chi connectivity index (χ0) is 15.0. The molecule has 0 atom stereocenters. The van der Waals surface area contributed by atoms with E-state index in [4.69, 9.17) is 0 Å². The van der Waals surface area contributed by atoms with Crippen LogP contribution in [0, 0.1) is 24.1 Å². The predicted octanol–water partition coefficient (Wildman–Crippen LogP) is 2.98. The molecule has 21 heavy (non-hydrogen) atoms. The maximum atomic E-state index is 13.4. The molecule has 0 unspecified atom stereocenters. The molecule has 0 aliphatic heterocycles. The Hall–Kier alpha value is -3.07. The molecule has 0 aromatic carbocycles. The van der Waals surface area contributed by atoms with Crippen LogP contribution in [0.4, 0.5) is 4.39 Å². The molecule has 0 radical (unpaired) electrons. The van der Waals surface area contributed by atoms with E-state index in [1.165, 1.54) is 6.07 Å². The first-order chi connectivity index (χ1) is 10.1. The summed E-state index contributed by atoms with van der Waals surface area (Å²) in [6.07, 6.45) is 2.73. The van der Waals surface area contributed by atoms with Gasteiger partial charge in [-0.05, 0) is 24.6 Å². The molecule has 0 aliphatic carbocycles. The third kappa shape index (κ3) is 2.05. The molecule has 3 rings (SSSR count). The number of hydrogen-bond donors (Lipinski definition) is 1. The number of aromatic amines is 1. The zero-order valence-corrected chi connectivity index (χ0v) is 11.2. The van der Waals surface area contributed by atoms with Crippen LogP contribution in [0.5, 0.6) is 0 Å². The van der Waals surface area contributed by atoms with Crippen LogP contribution in [-0.4, -0.2) is 20.2 Å². The number of nitrogens with one attached hydrogen (secondary N) is 1. The van der Waals surface area contributed by atoms with Gasteiger partial charge in [-0.15, -0.1) is 0 Å². The van der Waals surface area contributed by atoms with Crippen molar-refractivity contribution < 1.29 is 4.39 Å². The molecule has 3 aromatic rings. The topological polar surface area (TPSA) is 78.2 Å². The van der Waals surface area contributed by atoms with E-state index < -0.39 is 5.82 Å². The second-order valence-corrected chi connectivity index (χ2v) is 4.50. The van der Waals surface area contributed by atoms with Crippen molar-refractivity contribution in [3.8, 4) is 17.5 Å². The molecule has 1 N–H and O–H groups in total. The second kappa shape index (κ2) is 4.80. The largest absolute Gasteiger partial charge is 0.273 e. The molecule has 0 spiro atoms. The Morgan fingerprint density at radius 2 is 2.24 bits per heavy atom. The highest BCUT2D eigenvalue weighted by Crippen LogP contribution is 2.28. The van der Waals surface area contributed by atoms with Gasteiger partial charge in [0.15, 0.2) is 5.65 Å². The highest BCUT2D eigenvalue weighted by molar-refractivity contribution is 5.91. The Labute approximate surface area is 119 Å². The van der Waals surface area contributed by atoms with Crippen LogP contribution in [0.3, 0.4) is 0 Å². The minimum Gasteiger partial charge on any atom is -0.273 e. The van der Waals surface area contributed by atoms with Crippen molar-refractivity contribution in [2.45, 2.75) is 6.92 Å². The summed E-state index contributed by atoms with van der Waals surface area (Å²) < 4.78 is 13.4. The summed E-state index contributed by atoms with van der Waals surface area (Å²) in [6, 6.07) is 5.11. The number of H-pyrrole nitrogens is 1. The lowest BCUT2D eigenvalue weighted by atomic mass is 10.1. The molecule has 102 valence electrons. The Morgan fingerprint density at radius 3 is 2.95 bits per heavy atom. The number of hydrogen-bond acceptors (Lipinski definition) is 4. The molecule has 3 heterocycles. The fourth-order valence-corrected chi connectivity index (χ4v) is 2.16. The fraction of sp³-hybridized carbons (Fsp3) is 0.0667. The van der Waals surface area contributed by atoms with Crippen molar-refractivity contribution >= 4 is 17.1 Å². The van der Waals surface area contributed by atoms with E-state index in [2.05, 4.69) is 32.8 Å². The Balaban J connectivity index is 2.33. The lowest BCUT2D eigenvalue weighted by Gasteiger charge is -2.06. The van der Waals surface area contributed by atoms with Gasteiger partial charge < -0.3 is 0 Å². The molecule has 0 amide bonds. The van der Waals surface area contributed by atoms with Gasteiger partial charge >= 0.3 is 0 Å². The van der Waals surface area contributed by atoms with Crippen molar-refractivity contribution in [1.82, 2.24) is 20.2 Å². The summed E-state index contributed by atoms with van der Waals surface area (Å²) >= 11 is 0. The van der Waals surface area contributed by atoms with Crippen molar-refractivity contribution in [3.05, 3.63) is 47.5 Å². The summed E-state index contributed by atoms with van der Waals surface area (Å²) in [5.41, 5.74) is 3.16. The van der Waals surface area contributed by atoms with Crippen LogP contribution in [0.25, 0.3) is 28.5 Å². The summed E-state index contributed by atoms with van der Waals surface area (Å²) in [7, 11) is 0. The smallest absolute Gasteiger partial charge is 0.181 e. The third-order valence-electron chi connectivity index (χ3n) is 3.21. The number of aryl methyl sites for hydroxylation is 1. The first-order valence-electron chi connectivity index (χ1n) is 6.18. The SMILES string of the molecule is C=Cc1cc(C#N)c(-c2[nH]nc3ncc(F)cc23)nc1C. The molecule has 0 saturated carbocycles. The molecular weight excluding hydrogens is 269 g/mol. The number of nitriles is 1. The normalized spacial score (nSPS) is 10.5. The molecule has 3 aromatic heterocycles. The van der Waals surface area contributed by atoms with Crippen LogP contribution >= 0.6 is 0 Å². The lowest BCUT2D eigenvalue weighted by molar-refractivity contribution is 0.624. The highest BCUT2D eigenvalue weighted by Gasteiger charge is 2.16. The van der Waals surface area contributed by atoms with Gasteiger partial charge in [0, 0.05) is 5.69 Å². The van der Waals surface area contributed by atoms with Crippen molar-refractivity contribution in [2.75, 3.05) is 0 Å². The van der Waals surface area contributed by atoms with Gasteiger partial charge in [-0.3, -0.25) is 5.10 Å². The fourth-order valence-electron chi connectivity index (χ4n) is 2.16. The number of fused-ring (bicyclic) bond motifs is 1. The molecule has 0 fully saturated rings. The first kappa shape index (κ1) is 12.9. The number of nitrogens with zero attached hydrogens (tertiary/aromatic N) is 4. The van der Waals surface area contributed by atoms with Gasteiger partial charge in [-0.2, -0.15) is 10.4 Å². The minimum atomic E-state index is -0.469. The van der Waals surface area contributed by atoms with Crippen LogP contribution < -0.4 is 0 Å². The van der Waals surface area contributed by atoms with E-state index in [0.29, 0.717) is 28.0 Å². The molecular formula is C15H10FN5. The maximum absolute atomic E-state index is 13.4. The Bertz CT molecular complexity index is 904. The van der Waals surface area contributed by atoms with Crippen LogP contribution in [0.1, 0.15) is 16.8 Å². The standard InChI is InChI=1S/C15H10FN5/c1-3-9-4-10(6-17)13(19-8(9)2)14-12-5-11(16)7-18-15(12)21-20-14/h3-5,7H,1H2,2H3,(H,18,20,21). The van der Waals surface area contributed by atoms with E-state index in [1.54, 1.807) is 12.1 Å². The summed E-state index contributed by atoms with van der Waals surface area (Å²) in [4.78, 5) is 8.32. The zero-order valence-electron chi connectivity index (χ0n) is 11.2. The third-order valence-corrected chi connectivity index (χ3v) is 3.21. The Morgan fingerprint density at radius 1 is 1.43 bits per heavy atom. The summed E-state index contributed by atoms with van der Waals surface area (Å²) in [5, 5.41) is 16.6. The van der Waals surface area contributed by atoms with Gasteiger partial charge in [0.25, 0.3) is 0 Å². The van der Waals surface area contributed by atoms with Gasteiger partial charge in [-0.1, -0.05) is 12.7 Å².